The number of nitrogens with zero attached hydrogens (tertiary/aromatic N) is 1. The molecular formula is C24H21N3O3S. The largest absolute Gasteiger partial charge is 0.497 e. The van der Waals surface area contributed by atoms with Gasteiger partial charge in [-0.2, -0.15) is 0 Å². The molecule has 156 valence electrons. The minimum atomic E-state index is -0.309. The molecule has 0 atom stereocenters. The second kappa shape index (κ2) is 9.40. The van der Waals surface area contributed by atoms with Crippen molar-refractivity contribution in [2.24, 2.45) is 0 Å². The number of nitrogens with one attached hydrogen (secondary N) is 2. The number of benzene rings is 2. The average Bonchev–Trinajstić information content (AvgIpc) is 3.36. The van der Waals surface area contributed by atoms with Crippen LogP contribution < -0.4 is 15.4 Å². The molecule has 0 bridgehead atoms. The highest BCUT2D eigenvalue weighted by Crippen LogP contribution is 2.27. The molecule has 31 heavy (non-hydrogen) atoms. The van der Waals surface area contributed by atoms with E-state index in [0.717, 1.165) is 32.8 Å². The van der Waals surface area contributed by atoms with Gasteiger partial charge in [-0.05, 0) is 41.3 Å². The predicted octanol–water partition coefficient (Wildman–Crippen LogP) is 4.02. The Hall–Kier alpha value is -3.71. The molecule has 0 spiro atoms. The van der Waals surface area contributed by atoms with Gasteiger partial charge in [0.2, 0.25) is 5.91 Å². The predicted molar refractivity (Wildman–Crippen MR) is 122 cm³/mol. The maximum Gasteiger partial charge on any atom is 0.252 e. The van der Waals surface area contributed by atoms with Crippen molar-refractivity contribution in [2.75, 3.05) is 13.7 Å². The summed E-state index contributed by atoms with van der Waals surface area (Å²) in [6.45, 7) is 0.263. The summed E-state index contributed by atoms with van der Waals surface area (Å²) in [5.74, 6) is 0.186. The van der Waals surface area contributed by atoms with Crippen molar-refractivity contribution in [3.8, 4) is 16.3 Å². The molecule has 4 aromatic rings. The first-order chi connectivity index (χ1) is 15.1. The quantitative estimate of drug-likeness (QED) is 0.463. The Morgan fingerprint density at radius 1 is 1.00 bits per heavy atom. The maximum atomic E-state index is 12.9. The van der Waals surface area contributed by atoms with Gasteiger partial charge in [0.1, 0.15) is 5.75 Å². The minimum Gasteiger partial charge on any atom is -0.497 e. The summed E-state index contributed by atoms with van der Waals surface area (Å²) < 4.78 is 5.13. The highest BCUT2D eigenvalue weighted by atomic mass is 32.1. The fourth-order valence-electron chi connectivity index (χ4n) is 3.18. The van der Waals surface area contributed by atoms with Crippen LogP contribution in [0.2, 0.25) is 0 Å². The molecule has 0 fully saturated rings. The molecule has 0 aliphatic rings. The first-order valence-corrected chi connectivity index (χ1v) is 10.6. The van der Waals surface area contributed by atoms with Crippen LogP contribution in [0.3, 0.4) is 0 Å². The van der Waals surface area contributed by atoms with Gasteiger partial charge >= 0.3 is 0 Å². The van der Waals surface area contributed by atoms with Crippen LogP contribution in [0.25, 0.3) is 21.5 Å². The van der Waals surface area contributed by atoms with Crippen LogP contribution >= 0.6 is 11.3 Å². The molecule has 4 rings (SSSR count). The molecule has 6 nitrogen and oxygen atoms in total. The molecule has 2 amide bonds. The summed E-state index contributed by atoms with van der Waals surface area (Å²) in [6.07, 6.45) is 0. The van der Waals surface area contributed by atoms with Crippen LogP contribution in [0.1, 0.15) is 15.9 Å². The lowest BCUT2D eigenvalue weighted by Crippen LogP contribution is -2.36. The van der Waals surface area contributed by atoms with Crippen LogP contribution in [-0.2, 0) is 11.3 Å². The SMILES string of the molecule is COc1ccc(CNC(=O)CNC(=O)c2cc(-c3cccs3)nc3ccccc23)cc1. The van der Waals surface area contributed by atoms with Gasteiger partial charge in [-0.25, -0.2) is 4.98 Å². The Balaban J connectivity index is 1.43. The molecule has 7 heteroatoms. The van der Waals surface area contributed by atoms with E-state index in [4.69, 9.17) is 4.74 Å². The van der Waals surface area contributed by atoms with Gasteiger partial charge in [0.25, 0.3) is 5.91 Å². The third-order valence-electron chi connectivity index (χ3n) is 4.79. The van der Waals surface area contributed by atoms with Crippen LogP contribution in [0.5, 0.6) is 5.75 Å². The fourth-order valence-corrected chi connectivity index (χ4v) is 3.86. The summed E-state index contributed by atoms with van der Waals surface area (Å²) in [5, 5.41) is 8.25. The van der Waals surface area contributed by atoms with Crippen molar-refractivity contribution in [3.05, 3.63) is 83.2 Å². The molecule has 0 unspecified atom stereocenters. The number of carbonyl (C=O) groups is 2. The molecule has 0 saturated heterocycles. The molecule has 0 radical (unpaired) electrons. The van der Waals surface area contributed by atoms with Gasteiger partial charge in [0.15, 0.2) is 0 Å². The van der Waals surface area contributed by atoms with Gasteiger partial charge in [0, 0.05) is 11.9 Å². The van der Waals surface area contributed by atoms with Crippen molar-refractivity contribution < 1.29 is 14.3 Å². The lowest BCUT2D eigenvalue weighted by molar-refractivity contribution is -0.120. The summed E-state index contributed by atoms with van der Waals surface area (Å²) in [7, 11) is 1.61. The number of fused-ring (bicyclic) bond motifs is 1. The van der Waals surface area contributed by atoms with Crippen LogP contribution in [0.15, 0.2) is 72.1 Å². The first kappa shape index (κ1) is 20.6. The number of aromatic nitrogens is 1. The third-order valence-corrected chi connectivity index (χ3v) is 5.69. The number of hydrogen-bond donors (Lipinski definition) is 2. The highest BCUT2D eigenvalue weighted by Gasteiger charge is 2.15. The zero-order valence-corrected chi connectivity index (χ0v) is 17.7. The molecule has 2 aromatic carbocycles. The van der Waals surface area contributed by atoms with Gasteiger partial charge in [-0.1, -0.05) is 36.4 Å². The van der Waals surface area contributed by atoms with Crippen LogP contribution in [0, 0.1) is 0 Å². The first-order valence-electron chi connectivity index (χ1n) is 9.75. The van der Waals surface area contributed by atoms with Gasteiger partial charge in [-0.3, -0.25) is 9.59 Å². The van der Waals surface area contributed by atoms with E-state index in [2.05, 4.69) is 15.6 Å². The minimum absolute atomic E-state index is 0.111. The Bertz CT molecular complexity index is 1200. The standard InChI is InChI=1S/C24H21N3O3S/c1-30-17-10-8-16(9-11-17)14-25-23(28)15-26-24(29)19-13-21(22-7-4-12-31-22)27-20-6-3-2-5-18(19)20/h2-13H,14-15H2,1H3,(H,25,28)(H,26,29). The second-order valence-electron chi connectivity index (χ2n) is 6.86. The average molecular weight is 432 g/mol. The number of rotatable bonds is 7. The van der Waals surface area contributed by atoms with E-state index in [1.165, 1.54) is 0 Å². The number of hydrogen-bond acceptors (Lipinski definition) is 5. The Morgan fingerprint density at radius 2 is 1.81 bits per heavy atom. The Morgan fingerprint density at radius 3 is 2.55 bits per heavy atom. The second-order valence-corrected chi connectivity index (χ2v) is 7.80. The molecular weight excluding hydrogens is 410 g/mol. The number of thiophene rings is 1. The van der Waals surface area contributed by atoms with Crippen LogP contribution in [0.4, 0.5) is 0 Å². The van der Waals surface area contributed by atoms with Gasteiger partial charge < -0.3 is 15.4 Å². The number of methoxy groups -OCH3 is 1. The van der Waals surface area contributed by atoms with Gasteiger partial charge in [0.05, 0.1) is 35.3 Å². The smallest absolute Gasteiger partial charge is 0.252 e. The molecule has 0 aliphatic carbocycles. The van der Waals surface area contributed by atoms with Crippen LogP contribution in [-0.4, -0.2) is 30.5 Å². The van der Waals surface area contributed by atoms with E-state index in [1.807, 2.05) is 66.0 Å². The maximum absolute atomic E-state index is 12.9. The normalized spacial score (nSPS) is 10.6. The van der Waals surface area contributed by atoms with Crippen molar-refractivity contribution >= 4 is 34.1 Å². The summed E-state index contributed by atoms with van der Waals surface area (Å²) >= 11 is 1.56. The molecule has 0 saturated carbocycles. The van der Waals surface area contributed by atoms with Crippen molar-refractivity contribution in [3.63, 3.8) is 0 Å². The Labute approximate surface area is 183 Å². The van der Waals surface area contributed by atoms with E-state index < -0.39 is 0 Å². The lowest BCUT2D eigenvalue weighted by Gasteiger charge is -2.10. The molecule has 0 aliphatic heterocycles. The summed E-state index contributed by atoms with van der Waals surface area (Å²) in [5.41, 5.74) is 2.92. The molecule has 2 aromatic heterocycles. The number of ether oxygens (including phenoxy) is 1. The van der Waals surface area contributed by atoms with Crippen molar-refractivity contribution in [1.29, 1.82) is 0 Å². The van der Waals surface area contributed by atoms with Gasteiger partial charge in [-0.15, -0.1) is 11.3 Å². The summed E-state index contributed by atoms with van der Waals surface area (Å²) in [6, 6.07) is 20.6. The fraction of sp³-hybridized carbons (Fsp3) is 0.125. The zero-order chi connectivity index (χ0) is 21.6. The number of amides is 2. The highest BCUT2D eigenvalue weighted by molar-refractivity contribution is 7.13. The lowest BCUT2D eigenvalue weighted by atomic mass is 10.1. The topological polar surface area (TPSA) is 80.3 Å². The van der Waals surface area contributed by atoms with Crippen molar-refractivity contribution in [1.82, 2.24) is 15.6 Å². The van der Waals surface area contributed by atoms with E-state index in [-0.39, 0.29) is 18.4 Å². The molecule has 2 N–H and O–H groups in total. The van der Waals surface area contributed by atoms with E-state index in [1.54, 1.807) is 24.5 Å². The third kappa shape index (κ3) is 4.90. The van der Waals surface area contributed by atoms with E-state index >= 15 is 0 Å². The Kier molecular flexibility index (Phi) is 6.24. The number of pyridine rings is 1. The van der Waals surface area contributed by atoms with E-state index in [9.17, 15) is 9.59 Å². The number of carbonyl (C=O) groups excluding carboxylic acids is 2. The summed E-state index contributed by atoms with van der Waals surface area (Å²) in [4.78, 5) is 30.8. The zero-order valence-electron chi connectivity index (χ0n) is 16.9. The van der Waals surface area contributed by atoms with Crippen molar-refractivity contribution in [2.45, 2.75) is 6.54 Å². The number of para-hydroxylation sites is 1. The van der Waals surface area contributed by atoms with E-state index in [0.29, 0.717) is 12.1 Å². The monoisotopic (exact) mass is 431 g/mol. The molecule has 2 heterocycles.